The molecule has 6 heteroatoms. The molecule has 0 aliphatic carbocycles. The van der Waals surface area contributed by atoms with Gasteiger partial charge in [0.1, 0.15) is 0 Å². The van der Waals surface area contributed by atoms with E-state index in [0.29, 0.717) is 18.8 Å². The van der Waals surface area contributed by atoms with Crippen molar-refractivity contribution in [3.63, 3.8) is 0 Å². The average Bonchev–Trinajstić information content (AvgIpc) is 3.10. The molecule has 0 spiro atoms. The highest BCUT2D eigenvalue weighted by Gasteiger charge is 2.12. The third-order valence-electron chi connectivity index (χ3n) is 3.74. The van der Waals surface area contributed by atoms with Gasteiger partial charge in [-0.15, -0.1) is 0 Å². The third-order valence-corrected chi connectivity index (χ3v) is 3.74. The minimum atomic E-state index is -0.0710. The summed E-state index contributed by atoms with van der Waals surface area (Å²) in [4.78, 5) is 12.3. The molecule has 0 fully saturated rings. The van der Waals surface area contributed by atoms with E-state index in [1.807, 2.05) is 31.4 Å². The van der Waals surface area contributed by atoms with Crippen LogP contribution in [0.15, 0.2) is 42.7 Å². The van der Waals surface area contributed by atoms with Gasteiger partial charge in [0.05, 0.1) is 13.0 Å². The van der Waals surface area contributed by atoms with Gasteiger partial charge in [-0.1, -0.05) is 18.2 Å². The Kier molecular flexibility index (Phi) is 4.43. The van der Waals surface area contributed by atoms with E-state index in [1.165, 1.54) is 0 Å². The molecule has 1 amide bonds. The van der Waals surface area contributed by atoms with Crippen molar-refractivity contribution < 1.29 is 9.53 Å². The molecule has 2 aromatic heterocycles. The predicted octanol–water partition coefficient (Wildman–Crippen LogP) is 2.20. The van der Waals surface area contributed by atoms with Gasteiger partial charge in [0.2, 0.25) is 5.91 Å². The Hall–Kier alpha value is -2.60. The monoisotopic (exact) mass is 312 g/mol. The summed E-state index contributed by atoms with van der Waals surface area (Å²) in [6.07, 6.45) is 4.14. The number of ether oxygens (including phenoxy) is 1. The number of fused-ring (bicyclic) bond motifs is 1. The lowest BCUT2D eigenvalue weighted by atomic mass is 10.1. The van der Waals surface area contributed by atoms with Crippen LogP contribution >= 0.6 is 0 Å². The summed E-state index contributed by atoms with van der Waals surface area (Å²) in [6, 6.07) is 9.87. The van der Waals surface area contributed by atoms with Gasteiger partial charge in [0.15, 0.2) is 5.82 Å². The van der Waals surface area contributed by atoms with E-state index in [-0.39, 0.29) is 5.91 Å². The van der Waals surface area contributed by atoms with Gasteiger partial charge in [-0.2, -0.15) is 5.10 Å². The van der Waals surface area contributed by atoms with Gasteiger partial charge >= 0.3 is 0 Å². The molecule has 1 N–H and O–H groups in total. The largest absolute Gasteiger partial charge is 0.383 e. The molecular weight excluding hydrogens is 292 g/mol. The molecular formula is C17H20N4O2. The number of amides is 1. The van der Waals surface area contributed by atoms with E-state index in [9.17, 15) is 4.79 Å². The number of para-hydroxylation sites is 1. The highest BCUT2D eigenvalue weighted by Crippen LogP contribution is 2.22. The lowest BCUT2D eigenvalue weighted by Crippen LogP contribution is -2.14. The van der Waals surface area contributed by atoms with Crippen LogP contribution in [0.3, 0.4) is 0 Å². The minimum absolute atomic E-state index is 0.0710. The van der Waals surface area contributed by atoms with E-state index in [0.717, 1.165) is 23.0 Å². The first-order valence-corrected chi connectivity index (χ1v) is 7.52. The molecule has 0 atom stereocenters. The number of rotatable bonds is 6. The Bertz CT molecular complexity index is 819. The summed E-state index contributed by atoms with van der Waals surface area (Å²) in [5.74, 6) is 0.499. The van der Waals surface area contributed by atoms with Crippen LogP contribution in [0.25, 0.3) is 10.9 Å². The number of anilines is 1. The number of nitrogens with one attached hydrogen (secondary N) is 1. The van der Waals surface area contributed by atoms with Gasteiger partial charge in [0, 0.05) is 50.1 Å². The number of hydrogen-bond acceptors (Lipinski definition) is 3. The molecule has 0 saturated carbocycles. The maximum Gasteiger partial charge on any atom is 0.230 e. The first-order chi connectivity index (χ1) is 11.2. The molecule has 23 heavy (non-hydrogen) atoms. The zero-order chi connectivity index (χ0) is 16.2. The van der Waals surface area contributed by atoms with E-state index in [2.05, 4.69) is 21.0 Å². The van der Waals surface area contributed by atoms with E-state index >= 15 is 0 Å². The van der Waals surface area contributed by atoms with E-state index < -0.39 is 0 Å². The van der Waals surface area contributed by atoms with Crippen LogP contribution in [0.4, 0.5) is 5.82 Å². The van der Waals surface area contributed by atoms with Crippen LogP contribution in [0.5, 0.6) is 0 Å². The van der Waals surface area contributed by atoms with Crippen LogP contribution in [0, 0.1) is 0 Å². The van der Waals surface area contributed by atoms with Crippen LogP contribution in [-0.2, 0) is 29.5 Å². The predicted molar refractivity (Wildman–Crippen MR) is 89.4 cm³/mol. The molecule has 0 radical (unpaired) electrons. The van der Waals surface area contributed by atoms with Crippen molar-refractivity contribution in [3.05, 3.63) is 48.3 Å². The second-order valence-electron chi connectivity index (χ2n) is 5.46. The summed E-state index contributed by atoms with van der Waals surface area (Å²) in [7, 11) is 3.51. The molecule has 0 aliphatic rings. The van der Waals surface area contributed by atoms with Crippen molar-refractivity contribution in [2.24, 2.45) is 7.05 Å². The Morgan fingerprint density at radius 1 is 1.30 bits per heavy atom. The fraction of sp³-hybridized carbons (Fsp3) is 0.294. The van der Waals surface area contributed by atoms with Crippen molar-refractivity contribution >= 4 is 22.6 Å². The average molecular weight is 312 g/mol. The summed E-state index contributed by atoms with van der Waals surface area (Å²) in [5, 5.41) is 8.08. The van der Waals surface area contributed by atoms with Crippen molar-refractivity contribution in [1.82, 2.24) is 14.3 Å². The Balaban J connectivity index is 1.80. The standard InChI is InChI=1S/C17H20N4O2/c1-20-8-7-16(19-20)18-17(22)11-13-12-21(9-10-23-2)15-6-4-3-5-14(13)15/h3-8,12H,9-11H2,1-2H3,(H,18,19,22). The molecule has 2 heterocycles. The highest BCUT2D eigenvalue weighted by atomic mass is 16.5. The summed E-state index contributed by atoms with van der Waals surface area (Å²) in [5.41, 5.74) is 2.12. The Morgan fingerprint density at radius 2 is 2.13 bits per heavy atom. The molecule has 120 valence electrons. The fourth-order valence-corrected chi connectivity index (χ4v) is 2.68. The SMILES string of the molecule is COCCn1cc(CC(=O)Nc2ccn(C)n2)c2ccccc21. The second kappa shape index (κ2) is 6.66. The quantitative estimate of drug-likeness (QED) is 0.759. The molecule has 0 unspecified atom stereocenters. The van der Waals surface area contributed by atoms with Crippen molar-refractivity contribution in [3.8, 4) is 0 Å². The maximum absolute atomic E-state index is 12.3. The lowest BCUT2D eigenvalue weighted by Gasteiger charge is -2.03. The number of methoxy groups -OCH3 is 1. The number of carbonyl (C=O) groups excluding carboxylic acids is 1. The number of hydrogen-bond donors (Lipinski definition) is 1. The molecule has 3 rings (SSSR count). The van der Waals surface area contributed by atoms with Gasteiger partial charge in [0.25, 0.3) is 0 Å². The molecule has 1 aromatic carbocycles. The molecule has 3 aromatic rings. The minimum Gasteiger partial charge on any atom is -0.383 e. The van der Waals surface area contributed by atoms with E-state index in [4.69, 9.17) is 4.74 Å². The number of carbonyl (C=O) groups is 1. The van der Waals surface area contributed by atoms with Crippen LogP contribution in [-0.4, -0.2) is 34.0 Å². The topological polar surface area (TPSA) is 61.1 Å². The Labute approximate surface area is 134 Å². The normalized spacial score (nSPS) is 11.0. The summed E-state index contributed by atoms with van der Waals surface area (Å²) < 4.78 is 8.94. The zero-order valence-corrected chi connectivity index (χ0v) is 13.3. The van der Waals surface area contributed by atoms with Crippen LogP contribution in [0.1, 0.15) is 5.56 Å². The molecule has 0 saturated heterocycles. The first-order valence-electron chi connectivity index (χ1n) is 7.52. The first kappa shape index (κ1) is 15.3. The fourth-order valence-electron chi connectivity index (χ4n) is 2.68. The van der Waals surface area contributed by atoms with Gasteiger partial charge in [-0.25, -0.2) is 0 Å². The van der Waals surface area contributed by atoms with Gasteiger partial charge < -0.3 is 14.6 Å². The lowest BCUT2D eigenvalue weighted by molar-refractivity contribution is -0.115. The summed E-state index contributed by atoms with van der Waals surface area (Å²) in [6.45, 7) is 1.40. The zero-order valence-electron chi connectivity index (χ0n) is 13.3. The maximum atomic E-state index is 12.3. The number of aryl methyl sites for hydroxylation is 1. The number of benzene rings is 1. The third kappa shape index (κ3) is 3.43. The number of aromatic nitrogens is 3. The van der Waals surface area contributed by atoms with Gasteiger partial charge in [-0.3, -0.25) is 9.48 Å². The van der Waals surface area contributed by atoms with Crippen molar-refractivity contribution in [1.29, 1.82) is 0 Å². The molecule has 0 bridgehead atoms. The van der Waals surface area contributed by atoms with E-state index in [1.54, 1.807) is 24.1 Å². The highest BCUT2D eigenvalue weighted by molar-refractivity contribution is 5.95. The van der Waals surface area contributed by atoms with Crippen molar-refractivity contribution in [2.75, 3.05) is 19.0 Å². The molecule has 0 aliphatic heterocycles. The molecule has 6 nitrogen and oxygen atoms in total. The summed E-state index contributed by atoms with van der Waals surface area (Å²) >= 11 is 0. The second-order valence-corrected chi connectivity index (χ2v) is 5.46. The van der Waals surface area contributed by atoms with Crippen molar-refractivity contribution in [2.45, 2.75) is 13.0 Å². The Morgan fingerprint density at radius 3 is 2.87 bits per heavy atom. The number of nitrogens with zero attached hydrogens (tertiary/aromatic N) is 3. The van der Waals surface area contributed by atoms with Crippen LogP contribution in [0.2, 0.25) is 0 Å². The smallest absolute Gasteiger partial charge is 0.230 e. The van der Waals surface area contributed by atoms with Crippen LogP contribution < -0.4 is 5.32 Å². The van der Waals surface area contributed by atoms with Gasteiger partial charge in [-0.05, 0) is 11.6 Å².